The van der Waals surface area contributed by atoms with E-state index in [1.807, 2.05) is 37.3 Å². The average molecular weight is 446 g/mol. The van der Waals surface area contributed by atoms with Gasteiger partial charge in [-0.15, -0.1) is 0 Å². The molecule has 0 heterocycles. The Morgan fingerprint density at radius 2 is 1.65 bits per heavy atom. The first-order valence-electron chi connectivity index (χ1n) is 11.0. The molecular weight excluding hydrogens is 410 g/mol. The molecule has 0 radical (unpaired) electrons. The van der Waals surface area contributed by atoms with Crippen LogP contribution < -0.4 is 0 Å². The number of sulfonamides is 1. The molecule has 0 amide bonds. The van der Waals surface area contributed by atoms with Gasteiger partial charge in [0, 0.05) is 13.1 Å². The van der Waals surface area contributed by atoms with E-state index in [1.54, 1.807) is 36.4 Å². The van der Waals surface area contributed by atoms with Crippen molar-refractivity contribution in [3.8, 4) is 0 Å². The maximum atomic E-state index is 13.2. The summed E-state index contributed by atoms with van der Waals surface area (Å²) in [5.74, 6) is 0. The maximum absolute atomic E-state index is 13.2. The SMILES string of the molecule is CCCCCCC(O)CN(C/C=C/C(O)c1ccccc1)S(=O)(=O)c1ccc(C)cc1. The van der Waals surface area contributed by atoms with E-state index in [4.69, 9.17) is 0 Å². The Kier molecular flexibility index (Phi) is 10.4. The lowest BCUT2D eigenvalue weighted by Gasteiger charge is -2.24. The van der Waals surface area contributed by atoms with E-state index in [0.29, 0.717) is 6.42 Å². The van der Waals surface area contributed by atoms with E-state index in [0.717, 1.165) is 36.8 Å². The van der Waals surface area contributed by atoms with Gasteiger partial charge in [0.05, 0.1) is 17.1 Å². The molecule has 2 rings (SSSR count). The summed E-state index contributed by atoms with van der Waals surface area (Å²) < 4.78 is 27.7. The largest absolute Gasteiger partial charge is 0.392 e. The minimum absolute atomic E-state index is 0.0219. The fourth-order valence-corrected chi connectivity index (χ4v) is 4.76. The highest BCUT2D eigenvalue weighted by Crippen LogP contribution is 2.19. The smallest absolute Gasteiger partial charge is 0.243 e. The zero-order valence-electron chi connectivity index (χ0n) is 18.5. The van der Waals surface area contributed by atoms with Crippen LogP contribution in [0, 0.1) is 6.92 Å². The average Bonchev–Trinajstić information content (AvgIpc) is 2.77. The van der Waals surface area contributed by atoms with E-state index in [-0.39, 0.29) is 18.0 Å². The second-order valence-electron chi connectivity index (χ2n) is 7.92. The van der Waals surface area contributed by atoms with Crippen LogP contribution in [0.25, 0.3) is 0 Å². The fourth-order valence-electron chi connectivity index (χ4n) is 3.33. The highest BCUT2D eigenvalue weighted by atomic mass is 32.2. The summed E-state index contributed by atoms with van der Waals surface area (Å²) in [5.41, 5.74) is 1.72. The van der Waals surface area contributed by atoms with Crippen LogP contribution in [0.5, 0.6) is 0 Å². The molecule has 2 unspecified atom stereocenters. The summed E-state index contributed by atoms with van der Waals surface area (Å²) in [7, 11) is -3.77. The van der Waals surface area contributed by atoms with Gasteiger partial charge in [-0.1, -0.05) is 92.8 Å². The summed E-state index contributed by atoms with van der Waals surface area (Å²) >= 11 is 0. The van der Waals surface area contributed by atoms with Crippen molar-refractivity contribution in [2.45, 2.75) is 63.1 Å². The minimum atomic E-state index is -3.77. The molecule has 2 aromatic rings. The van der Waals surface area contributed by atoms with Crippen molar-refractivity contribution in [1.29, 1.82) is 0 Å². The normalized spacial score (nSPS) is 14.2. The number of aliphatic hydroxyl groups is 2. The van der Waals surface area contributed by atoms with E-state index >= 15 is 0 Å². The van der Waals surface area contributed by atoms with Crippen LogP contribution in [-0.4, -0.2) is 42.1 Å². The third kappa shape index (κ3) is 8.22. The van der Waals surface area contributed by atoms with Gasteiger partial charge in [-0.3, -0.25) is 0 Å². The lowest BCUT2D eigenvalue weighted by Crippen LogP contribution is -2.37. The number of rotatable bonds is 13. The second kappa shape index (κ2) is 12.8. The number of hydrogen-bond donors (Lipinski definition) is 2. The first-order chi connectivity index (χ1) is 14.8. The molecule has 0 aromatic heterocycles. The zero-order chi connectivity index (χ0) is 22.7. The Hall–Kier alpha value is -1.99. The summed E-state index contributed by atoms with van der Waals surface area (Å²) in [4.78, 5) is 0.202. The molecule has 0 aliphatic rings. The van der Waals surface area contributed by atoms with Gasteiger partial charge >= 0.3 is 0 Å². The van der Waals surface area contributed by atoms with Gasteiger partial charge < -0.3 is 10.2 Å². The van der Waals surface area contributed by atoms with Gasteiger partial charge in [-0.2, -0.15) is 4.31 Å². The van der Waals surface area contributed by atoms with Crippen LogP contribution in [0.3, 0.4) is 0 Å². The van der Waals surface area contributed by atoms with E-state index in [9.17, 15) is 18.6 Å². The van der Waals surface area contributed by atoms with Gasteiger partial charge in [0.1, 0.15) is 0 Å². The van der Waals surface area contributed by atoms with Crippen LogP contribution in [0.1, 0.15) is 56.3 Å². The van der Waals surface area contributed by atoms with E-state index in [1.165, 1.54) is 4.31 Å². The van der Waals surface area contributed by atoms with Crippen LogP contribution in [-0.2, 0) is 10.0 Å². The Bertz CT molecular complexity index is 895. The third-order valence-electron chi connectivity index (χ3n) is 5.23. The number of aryl methyl sites for hydroxylation is 1. The number of aliphatic hydroxyl groups excluding tert-OH is 2. The Labute approximate surface area is 187 Å². The van der Waals surface area contributed by atoms with Crippen molar-refractivity contribution in [3.63, 3.8) is 0 Å². The molecule has 0 spiro atoms. The van der Waals surface area contributed by atoms with Crippen molar-refractivity contribution >= 4 is 10.0 Å². The van der Waals surface area contributed by atoms with Gasteiger partial charge in [0.2, 0.25) is 10.0 Å². The molecule has 2 N–H and O–H groups in total. The number of benzene rings is 2. The lowest BCUT2D eigenvalue weighted by atomic mass is 10.1. The first-order valence-corrected chi connectivity index (χ1v) is 12.4. The molecular formula is C25H35NO4S. The molecule has 31 heavy (non-hydrogen) atoms. The summed E-state index contributed by atoms with van der Waals surface area (Å²) in [5, 5.41) is 20.8. The lowest BCUT2D eigenvalue weighted by molar-refractivity contribution is 0.136. The van der Waals surface area contributed by atoms with Crippen LogP contribution in [0.4, 0.5) is 0 Å². The highest BCUT2D eigenvalue weighted by Gasteiger charge is 2.25. The van der Waals surface area contributed by atoms with Gasteiger partial charge in [-0.05, 0) is 31.0 Å². The monoisotopic (exact) mass is 445 g/mol. The Balaban J connectivity index is 2.13. The summed E-state index contributed by atoms with van der Waals surface area (Å²) in [6.45, 7) is 4.13. The van der Waals surface area contributed by atoms with Crippen molar-refractivity contribution in [1.82, 2.24) is 4.31 Å². The zero-order valence-corrected chi connectivity index (χ0v) is 19.3. The molecule has 2 atom stereocenters. The standard InChI is InChI=1S/C25H35NO4S/c1-3-4-5-9-13-23(27)20-26(31(29,30)24-17-15-21(2)16-18-24)19-10-14-25(28)22-11-7-6-8-12-22/h6-8,10-12,14-18,23,25,27-28H,3-5,9,13,19-20H2,1-2H3/b14-10+. The number of hydrogen-bond acceptors (Lipinski definition) is 4. The molecule has 170 valence electrons. The predicted octanol–water partition coefficient (Wildman–Crippen LogP) is 4.61. The molecule has 5 nitrogen and oxygen atoms in total. The summed E-state index contributed by atoms with van der Waals surface area (Å²) in [6, 6.07) is 15.9. The quantitative estimate of drug-likeness (QED) is 0.349. The molecule has 6 heteroatoms. The van der Waals surface area contributed by atoms with E-state index < -0.39 is 22.2 Å². The Morgan fingerprint density at radius 3 is 2.29 bits per heavy atom. The van der Waals surface area contributed by atoms with Crippen LogP contribution in [0.2, 0.25) is 0 Å². The first kappa shape index (κ1) is 25.3. The van der Waals surface area contributed by atoms with Crippen molar-refractivity contribution in [2.24, 2.45) is 0 Å². The molecule has 0 aliphatic carbocycles. The number of unbranched alkanes of at least 4 members (excludes halogenated alkanes) is 3. The van der Waals surface area contributed by atoms with E-state index in [2.05, 4.69) is 6.92 Å². The predicted molar refractivity (Wildman–Crippen MR) is 125 cm³/mol. The molecule has 0 bridgehead atoms. The molecule has 2 aromatic carbocycles. The highest BCUT2D eigenvalue weighted by molar-refractivity contribution is 7.89. The van der Waals surface area contributed by atoms with Gasteiger partial charge in [-0.25, -0.2) is 8.42 Å². The van der Waals surface area contributed by atoms with Gasteiger partial charge in [0.15, 0.2) is 0 Å². The van der Waals surface area contributed by atoms with Crippen molar-refractivity contribution in [2.75, 3.05) is 13.1 Å². The van der Waals surface area contributed by atoms with Crippen LogP contribution in [0.15, 0.2) is 71.6 Å². The molecule has 0 aliphatic heterocycles. The van der Waals surface area contributed by atoms with Crippen molar-refractivity contribution < 1.29 is 18.6 Å². The second-order valence-corrected chi connectivity index (χ2v) is 9.86. The minimum Gasteiger partial charge on any atom is -0.392 e. The molecule has 0 fully saturated rings. The molecule has 0 saturated heterocycles. The van der Waals surface area contributed by atoms with Gasteiger partial charge in [0.25, 0.3) is 0 Å². The maximum Gasteiger partial charge on any atom is 0.243 e. The van der Waals surface area contributed by atoms with Crippen molar-refractivity contribution in [3.05, 3.63) is 77.9 Å². The number of nitrogens with zero attached hydrogens (tertiary/aromatic N) is 1. The Morgan fingerprint density at radius 1 is 0.968 bits per heavy atom. The summed E-state index contributed by atoms with van der Waals surface area (Å²) in [6.07, 6.45) is 6.37. The van der Waals surface area contributed by atoms with Crippen LogP contribution >= 0.6 is 0 Å². The third-order valence-corrected chi connectivity index (χ3v) is 7.08. The fraction of sp³-hybridized carbons (Fsp3) is 0.440. The molecule has 0 saturated carbocycles. The topological polar surface area (TPSA) is 77.8 Å².